The predicted molar refractivity (Wildman–Crippen MR) is 134 cm³/mol. The van der Waals surface area contributed by atoms with E-state index in [1.807, 2.05) is 19.1 Å². The molecular weight excluding hydrogens is 452 g/mol. The lowest BCUT2D eigenvalue weighted by molar-refractivity contribution is -0.115. The standard InChI is InChI=1S/C26H26N2O5S/c1-4-33-26(31)19-5-9-20(10-6-19)27-24(29)17(2)34-23-15-11-21(12-16-23)28-25(30)18-7-13-22(32-3)14-8-18/h5-17H,4H2,1-3H3,(H,27,29)(H,28,30). The molecule has 34 heavy (non-hydrogen) atoms. The van der Waals surface area contributed by atoms with Crippen molar-refractivity contribution in [2.75, 3.05) is 24.4 Å². The van der Waals surface area contributed by atoms with Crippen molar-refractivity contribution in [1.29, 1.82) is 0 Å². The Morgan fingerprint density at radius 2 is 1.38 bits per heavy atom. The van der Waals surface area contributed by atoms with Gasteiger partial charge in [0.15, 0.2) is 0 Å². The highest BCUT2D eigenvalue weighted by Crippen LogP contribution is 2.26. The lowest BCUT2D eigenvalue weighted by Crippen LogP contribution is -2.22. The van der Waals surface area contributed by atoms with E-state index in [1.165, 1.54) is 11.8 Å². The van der Waals surface area contributed by atoms with Gasteiger partial charge in [-0.3, -0.25) is 9.59 Å². The van der Waals surface area contributed by atoms with E-state index < -0.39 is 5.97 Å². The topological polar surface area (TPSA) is 93.7 Å². The van der Waals surface area contributed by atoms with Gasteiger partial charge in [0.1, 0.15) is 5.75 Å². The fourth-order valence-corrected chi connectivity index (χ4v) is 3.84. The van der Waals surface area contributed by atoms with Crippen molar-refractivity contribution in [1.82, 2.24) is 0 Å². The fourth-order valence-electron chi connectivity index (χ4n) is 2.97. The van der Waals surface area contributed by atoms with Gasteiger partial charge in [-0.2, -0.15) is 0 Å². The number of nitrogens with one attached hydrogen (secondary N) is 2. The Bertz CT molecular complexity index is 1130. The summed E-state index contributed by atoms with van der Waals surface area (Å²) in [5.74, 6) is -0.0896. The molecule has 0 saturated heterocycles. The Morgan fingerprint density at radius 3 is 1.97 bits per heavy atom. The summed E-state index contributed by atoms with van der Waals surface area (Å²) in [6.07, 6.45) is 0. The molecule has 1 atom stereocenters. The second kappa shape index (κ2) is 11.9. The van der Waals surface area contributed by atoms with Crippen molar-refractivity contribution < 1.29 is 23.9 Å². The molecule has 176 valence electrons. The lowest BCUT2D eigenvalue weighted by Gasteiger charge is -2.13. The van der Waals surface area contributed by atoms with Gasteiger partial charge in [-0.1, -0.05) is 0 Å². The molecule has 0 aliphatic carbocycles. The molecule has 7 nitrogen and oxygen atoms in total. The van der Waals surface area contributed by atoms with E-state index in [0.29, 0.717) is 34.9 Å². The fraction of sp³-hybridized carbons (Fsp3) is 0.192. The van der Waals surface area contributed by atoms with Crippen molar-refractivity contribution in [3.8, 4) is 5.75 Å². The van der Waals surface area contributed by atoms with Crippen molar-refractivity contribution in [3.63, 3.8) is 0 Å². The van der Waals surface area contributed by atoms with Crippen LogP contribution in [0.15, 0.2) is 77.7 Å². The molecule has 3 aromatic rings. The van der Waals surface area contributed by atoms with Gasteiger partial charge in [0.2, 0.25) is 5.91 Å². The van der Waals surface area contributed by atoms with Crippen LogP contribution in [0.3, 0.4) is 0 Å². The van der Waals surface area contributed by atoms with Crippen LogP contribution in [0.2, 0.25) is 0 Å². The van der Waals surface area contributed by atoms with Crippen LogP contribution in [0.5, 0.6) is 5.75 Å². The zero-order valence-corrected chi connectivity index (χ0v) is 20.0. The minimum absolute atomic E-state index is 0.161. The molecule has 0 radical (unpaired) electrons. The number of hydrogen-bond acceptors (Lipinski definition) is 6. The van der Waals surface area contributed by atoms with Gasteiger partial charge in [-0.05, 0) is 86.6 Å². The van der Waals surface area contributed by atoms with Crippen LogP contribution in [0, 0.1) is 0 Å². The lowest BCUT2D eigenvalue weighted by atomic mass is 10.2. The van der Waals surface area contributed by atoms with Crippen molar-refractivity contribution in [3.05, 3.63) is 83.9 Å². The number of amides is 2. The van der Waals surface area contributed by atoms with Crippen LogP contribution in [-0.2, 0) is 9.53 Å². The first-order valence-corrected chi connectivity index (χ1v) is 11.6. The summed E-state index contributed by atoms with van der Waals surface area (Å²) in [6.45, 7) is 3.87. The maximum Gasteiger partial charge on any atom is 0.338 e. The maximum atomic E-state index is 12.6. The summed E-state index contributed by atoms with van der Waals surface area (Å²) in [5.41, 5.74) is 2.22. The van der Waals surface area contributed by atoms with Crippen LogP contribution in [-0.4, -0.2) is 36.8 Å². The van der Waals surface area contributed by atoms with Gasteiger partial charge in [0.05, 0.1) is 24.5 Å². The zero-order chi connectivity index (χ0) is 24.5. The van der Waals surface area contributed by atoms with E-state index in [-0.39, 0.29) is 17.1 Å². The van der Waals surface area contributed by atoms with Gasteiger partial charge < -0.3 is 20.1 Å². The average Bonchev–Trinajstić information content (AvgIpc) is 2.85. The number of carbonyl (C=O) groups excluding carboxylic acids is 3. The highest BCUT2D eigenvalue weighted by molar-refractivity contribution is 8.00. The molecule has 0 heterocycles. The molecule has 8 heteroatoms. The summed E-state index contributed by atoms with van der Waals surface area (Å²) in [4.78, 5) is 37.6. The number of anilines is 2. The predicted octanol–water partition coefficient (Wildman–Crippen LogP) is 5.24. The second-order valence-electron chi connectivity index (χ2n) is 7.25. The molecule has 0 aromatic heterocycles. The highest BCUT2D eigenvalue weighted by Gasteiger charge is 2.15. The summed E-state index contributed by atoms with van der Waals surface area (Å²) in [7, 11) is 1.57. The quantitative estimate of drug-likeness (QED) is 0.323. The monoisotopic (exact) mass is 478 g/mol. The largest absolute Gasteiger partial charge is 0.497 e. The average molecular weight is 479 g/mol. The van der Waals surface area contributed by atoms with Crippen LogP contribution < -0.4 is 15.4 Å². The molecule has 2 N–H and O–H groups in total. The maximum absolute atomic E-state index is 12.6. The molecule has 0 aliphatic rings. The van der Waals surface area contributed by atoms with Crippen molar-refractivity contribution in [2.24, 2.45) is 0 Å². The molecular formula is C26H26N2O5S. The zero-order valence-electron chi connectivity index (χ0n) is 19.2. The third kappa shape index (κ3) is 6.86. The Hall–Kier alpha value is -3.78. The SMILES string of the molecule is CCOC(=O)c1ccc(NC(=O)C(C)Sc2ccc(NC(=O)c3ccc(OC)cc3)cc2)cc1. The van der Waals surface area contributed by atoms with E-state index >= 15 is 0 Å². The second-order valence-corrected chi connectivity index (χ2v) is 8.67. The molecule has 0 fully saturated rings. The molecule has 2 amide bonds. The Labute approximate surface area is 202 Å². The summed E-state index contributed by atoms with van der Waals surface area (Å²) < 4.78 is 10.1. The highest BCUT2D eigenvalue weighted by atomic mass is 32.2. The first-order chi connectivity index (χ1) is 16.4. The van der Waals surface area contributed by atoms with Gasteiger partial charge in [-0.15, -0.1) is 11.8 Å². The van der Waals surface area contributed by atoms with Crippen LogP contribution in [0.25, 0.3) is 0 Å². The molecule has 1 unspecified atom stereocenters. The summed E-state index contributed by atoms with van der Waals surface area (Å²) in [6, 6.07) is 20.7. The number of hydrogen-bond donors (Lipinski definition) is 2. The summed E-state index contributed by atoms with van der Waals surface area (Å²) >= 11 is 1.40. The number of rotatable bonds is 9. The molecule has 0 aliphatic heterocycles. The number of ether oxygens (including phenoxy) is 2. The third-order valence-corrected chi connectivity index (χ3v) is 5.92. The van der Waals surface area contributed by atoms with E-state index in [9.17, 15) is 14.4 Å². The van der Waals surface area contributed by atoms with Crippen LogP contribution in [0.1, 0.15) is 34.6 Å². The van der Waals surface area contributed by atoms with Gasteiger partial charge in [-0.25, -0.2) is 4.79 Å². The number of carbonyl (C=O) groups is 3. The van der Waals surface area contributed by atoms with Crippen molar-refractivity contribution in [2.45, 2.75) is 24.0 Å². The molecule has 3 rings (SSSR count). The normalized spacial score (nSPS) is 11.3. The first-order valence-electron chi connectivity index (χ1n) is 10.7. The van der Waals surface area contributed by atoms with Gasteiger partial charge >= 0.3 is 5.97 Å². The van der Waals surface area contributed by atoms with Crippen molar-refractivity contribution >= 4 is 40.9 Å². The molecule has 0 bridgehead atoms. The Balaban J connectivity index is 1.52. The number of benzene rings is 3. The molecule has 3 aromatic carbocycles. The number of thioether (sulfide) groups is 1. The smallest absolute Gasteiger partial charge is 0.338 e. The first kappa shape index (κ1) is 24.9. The van der Waals surface area contributed by atoms with Crippen LogP contribution >= 0.6 is 11.8 Å². The van der Waals surface area contributed by atoms with Gasteiger partial charge in [0, 0.05) is 21.8 Å². The Kier molecular flexibility index (Phi) is 8.70. The van der Waals surface area contributed by atoms with E-state index in [4.69, 9.17) is 9.47 Å². The van der Waals surface area contributed by atoms with E-state index in [0.717, 1.165) is 4.90 Å². The molecule has 0 saturated carbocycles. The minimum atomic E-state index is -0.395. The number of methoxy groups -OCH3 is 1. The minimum Gasteiger partial charge on any atom is -0.497 e. The van der Waals surface area contributed by atoms with E-state index in [1.54, 1.807) is 74.7 Å². The number of esters is 1. The van der Waals surface area contributed by atoms with E-state index in [2.05, 4.69) is 10.6 Å². The molecule has 0 spiro atoms. The Morgan fingerprint density at radius 1 is 0.824 bits per heavy atom. The third-order valence-electron chi connectivity index (χ3n) is 4.81. The van der Waals surface area contributed by atoms with Crippen LogP contribution in [0.4, 0.5) is 11.4 Å². The van der Waals surface area contributed by atoms with Gasteiger partial charge in [0.25, 0.3) is 5.91 Å². The summed E-state index contributed by atoms with van der Waals surface area (Å²) in [5, 5.41) is 5.34.